The van der Waals surface area contributed by atoms with E-state index in [0.717, 1.165) is 4.57 Å². The average molecular weight is 296 g/mol. The number of aliphatic carboxylic acids is 2. The molecule has 0 spiro atoms. The maximum absolute atomic E-state index is 11.4. The molecule has 21 heavy (non-hydrogen) atoms. The SMILES string of the molecule is Cn1c(=O)c2[nH]cnc2n(C)c1=O.O=C(O)C=CC(=O)O. The minimum Gasteiger partial charge on any atom is -0.478 e. The number of imidazole rings is 1. The molecule has 2 heterocycles. The minimum absolute atomic E-state index is 0.351. The van der Waals surface area contributed by atoms with E-state index in [1.165, 1.54) is 17.9 Å². The highest BCUT2D eigenvalue weighted by Gasteiger charge is 2.08. The molecule has 3 N–H and O–H groups in total. The zero-order chi connectivity index (χ0) is 16.2. The van der Waals surface area contributed by atoms with E-state index in [1.54, 1.807) is 7.05 Å². The highest BCUT2D eigenvalue weighted by Crippen LogP contribution is 1.97. The number of H-pyrrole nitrogens is 1. The zero-order valence-corrected chi connectivity index (χ0v) is 11.1. The zero-order valence-electron chi connectivity index (χ0n) is 11.1. The first-order valence-corrected chi connectivity index (χ1v) is 5.48. The molecule has 0 aliphatic rings. The van der Waals surface area contributed by atoms with Crippen LogP contribution in [0.5, 0.6) is 0 Å². The third-order valence-electron chi connectivity index (χ3n) is 2.40. The number of hydrogen-bond acceptors (Lipinski definition) is 5. The van der Waals surface area contributed by atoms with Crippen LogP contribution in [-0.4, -0.2) is 41.3 Å². The third-order valence-corrected chi connectivity index (χ3v) is 2.40. The quantitative estimate of drug-likeness (QED) is 0.581. The molecule has 0 unspecified atom stereocenters. The Morgan fingerprint density at radius 2 is 1.67 bits per heavy atom. The second-order valence-corrected chi connectivity index (χ2v) is 3.82. The summed E-state index contributed by atoms with van der Waals surface area (Å²) in [6.07, 6.45) is 2.51. The Kier molecular flexibility index (Phi) is 4.78. The van der Waals surface area contributed by atoms with Gasteiger partial charge in [-0.2, -0.15) is 0 Å². The monoisotopic (exact) mass is 296 g/mol. The molecule has 112 valence electrons. The molecule has 0 atom stereocenters. The average Bonchev–Trinajstić information content (AvgIpc) is 2.91. The number of fused-ring (bicyclic) bond motifs is 1. The largest absolute Gasteiger partial charge is 0.478 e. The smallest absolute Gasteiger partial charge is 0.332 e. The second-order valence-electron chi connectivity index (χ2n) is 3.82. The van der Waals surface area contributed by atoms with Crippen LogP contribution < -0.4 is 11.2 Å². The van der Waals surface area contributed by atoms with Crippen LogP contribution in [0.3, 0.4) is 0 Å². The van der Waals surface area contributed by atoms with Gasteiger partial charge in [0.25, 0.3) is 5.56 Å². The Bertz CT molecular complexity index is 809. The molecule has 0 radical (unpaired) electrons. The fourth-order valence-corrected chi connectivity index (χ4v) is 1.41. The molecule has 10 nitrogen and oxygen atoms in total. The van der Waals surface area contributed by atoms with E-state index in [9.17, 15) is 19.2 Å². The van der Waals surface area contributed by atoms with Gasteiger partial charge in [-0.1, -0.05) is 0 Å². The van der Waals surface area contributed by atoms with Crippen LogP contribution in [0, 0.1) is 0 Å². The van der Waals surface area contributed by atoms with Crippen LogP contribution in [-0.2, 0) is 23.7 Å². The van der Waals surface area contributed by atoms with Gasteiger partial charge in [0.1, 0.15) is 5.52 Å². The van der Waals surface area contributed by atoms with Crippen molar-refractivity contribution in [1.29, 1.82) is 0 Å². The molecule has 0 aliphatic carbocycles. The van der Waals surface area contributed by atoms with Crippen molar-refractivity contribution in [3.63, 3.8) is 0 Å². The van der Waals surface area contributed by atoms with Crippen molar-refractivity contribution in [2.75, 3.05) is 0 Å². The molecule has 10 heteroatoms. The van der Waals surface area contributed by atoms with Crippen LogP contribution in [0.1, 0.15) is 0 Å². The number of hydrogen-bond donors (Lipinski definition) is 3. The van der Waals surface area contributed by atoms with E-state index in [1.807, 2.05) is 0 Å². The Balaban J connectivity index is 0.000000240. The summed E-state index contributed by atoms with van der Waals surface area (Å²) in [6.45, 7) is 0. The van der Waals surface area contributed by atoms with Crippen LogP contribution >= 0.6 is 0 Å². The predicted octanol–water partition coefficient (Wildman–Crippen LogP) is -1.33. The number of carbonyl (C=O) groups is 2. The highest BCUT2D eigenvalue weighted by atomic mass is 16.4. The predicted molar refractivity (Wildman–Crippen MR) is 71.0 cm³/mol. The molecule has 0 saturated heterocycles. The summed E-state index contributed by atoms with van der Waals surface area (Å²) in [4.78, 5) is 48.5. The first kappa shape index (κ1) is 15.9. The molecular formula is C11H12N4O6. The van der Waals surface area contributed by atoms with Crippen molar-refractivity contribution in [3.05, 3.63) is 39.3 Å². The van der Waals surface area contributed by atoms with E-state index in [0.29, 0.717) is 23.3 Å². The van der Waals surface area contributed by atoms with Crippen molar-refractivity contribution >= 4 is 23.1 Å². The molecule has 2 rings (SSSR count). The summed E-state index contributed by atoms with van der Waals surface area (Å²) >= 11 is 0. The fourth-order valence-electron chi connectivity index (χ4n) is 1.41. The summed E-state index contributed by atoms with van der Waals surface area (Å²) in [5, 5.41) is 15.6. The number of nitrogens with zero attached hydrogens (tertiary/aromatic N) is 3. The molecule has 0 saturated carbocycles. The van der Waals surface area contributed by atoms with Gasteiger partial charge in [0.05, 0.1) is 6.33 Å². The number of nitrogens with one attached hydrogen (secondary N) is 1. The summed E-state index contributed by atoms with van der Waals surface area (Å²) < 4.78 is 2.37. The van der Waals surface area contributed by atoms with Gasteiger partial charge >= 0.3 is 17.6 Å². The molecule has 0 amide bonds. The standard InChI is InChI=1S/C7H8N4O2.C4H4O4/c1-10-5-4(8-3-9-5)6(12)11(2)7(10)13;5-3(6)1-2-4(7)8/h3H,1-2H3,(H,8,9);1-2H,(H,5,6)(H,7,8). The molecule has 0 fully saturated rings. The minimum atomic E-state index is -1.26. The number of rotatable bonds is 2. The van der Waals surface area contributed by atoms with Crippen LogP contribution in [0.25, 0.3) is 11.2 Å². The van der Waals surface area contributed by atoms with Crippen molar-refractivity contribution in [2.24, 2.45) is 14.1 Å². The van der Waals surface area contributed by atoms with Crippen molar-refractivity contribution in [1.82, 2.24) is 19.1 Å². The van der Waals surface area contributed by atoms with Gasteiger partial charge in [0.15, 0.2) is 5.65 Å². The number of aromatic amines is 1. The van der Waals surface area contributed by atoms with Crippen molar-refractivity contribution < 1.29 is 19.8 Å². The summed E-state index contributed by atoms with van der Waals surface area (Å²) in [6, 6.07) is 0. The number of carboxylic acid groups (broad SMARTS) is 2. The molecule has 0 aromatic carbocycles. The van der Waals surface area contributed by atoms with Crippen LogP contribution in [0.15, 0.2) is 28.1 Å². The lowest BCUT2D eigenvalue weighted by molar-refractivity contribution is -0.134. The van der Waals surface area contributed by atoms with Crippen molar-refractivity contribution in [3.8, 4) is 0 Å². The Morgan fingerprint density at radius 3 is 2.14 bits per heavy atom. The number of carboxylic acids is 2. The number of aryl methyl sites for hydroxylation is 1. The lowest BCUT2D eigenvalue weighted by Gasteiger charge is -2.00. The van der Waals surface area contributed by atoms with Gasteiger partial charge in [0.2, 0.25) is 0 Å². The molecular weight excluding hydrogens is 284 g/mol. The Hall–Kier alpha value is -3.17. The maximum Gasteiger partial charge on any atom is 0.332 e. The first-order valence-electron chi connectivity index (χ1n) is 5.48. The van der Waals surface area contributed by atoms with E-state index < -0.39 is 11.9 Å². The second kappa shape index (κ2) is 6.32. The third kappa shape index (κ3) is 3.65. The lowest BCUT2D eigenvalue weighted by atomic mass is 10.5. The fraction of sp³-hybridized carbons (Fsp3) is 0.182. The molecule has 0 aliphatic heterocycles. The van der Waals surface area contributed by atoms with Gasteiger partial charge in [-0.25, -0.2) is 19.4 Å². The normalized spacial score (nSPS) is 10.4. The summed E-state index contributed by atoms with van der Waals surface area (Å²) in [5.74, 6) is -2.51. The van der Waals surface area contributed by atoms with E-state index in [-0.39, 0.29) is 11.2 Å². The van der Waals surface area contributed by atoms with Gasteiger partial charge in [-0.05, 0) is 0 Å². The molecule has 2 aromatic heterocycles. The lowest BCUT2D eigenvalue weighted by Crippen LogP contribution is -2.36. The Morgan fingerprint density at radius 1 is 1.14 bits per heavy atom. The van der Waals surface area contributed by atoms with Crippen LogP contribution in [0.2, 0.25) is 0 Å². The van der Waals surface area contributed by atoms with E-state index in [4.69, 9.17) is 10.2 Å². The summed E-state index contributed by atoms with van der Waals surface area (Å²) in [7, 11) is 3.01. The van der Waals surface area contributed by atoms with Crippen LogP contribution in [0.4, 0.5) is 0 Å². The van der Waals surface area contributed by atoms with Gasteiger partial charge in [0, 0.05) is 26.2 Å². The van der Waals surface area contributed by atoms with Gasteiger partial charge < -0.3 is 15.2 Å². The van der Waals surface area contributed by atoms with Gasteiger partial charge in [-0.3, -0.25) is 13.9 Å². The topological polar surface area (TPSA) is 147 Å². The molecule has 2 aromatic rings. The number of aromatic nitrogens is 4. The maximum atomic E-state index is 11.4. The van der Waals surface area contributed by atoms with E-state index in [2.05, 4.69) is 9.97 Å². The van der Waals surface area contributed by atoms with E-state index >= 15 is 0 Å². The highest BCUT2D eigenvalue weighted by molar-refractivity contribution is 5.89. The Labute approximate surface area is 116 Å². The molecule has 0 bridgehead atoms. The first-order chi connectivity index (χ1) is 9.75. The van der Waals surface area contributed by atoms with Crippen molar-refractivity contribution in [2.45, 2.75) is 0 Å². The van der Waals surface area contributed by atoms with Gasteiger partial charge in [-0.15, -0.1) is 0 Å². The summed E-state index contributed by atoms with van der Waals surface area (Å²) in [5.41, 5.74) is 0.0119.